The van der Waals surface area contributed by atoms with Crippen LogP contribution in [0.25, 0.3) is 50.6 Å². The van der Waals surface area contributed by atoms with Crippen LogP contribution in [0.3, 0.4) is 0 Å². The molecule has 0 aliphatic heterocycles. The van der Waals surface area contributed by atoms with E-state index >= 15 is 0 Å². The van der Waals surface area contributed by atoms with E-state index < -0.39 is 16.5 Å². The average Bonchev–Trinajstić information content (AvgIpc) is 3.76. The molecule has 1 aliphatic rings. The first-order chi connectivity index (χ1) is 22.6. The van der Waals surface area contributed by atoms with Crippen molar-refractivity contribution in [3.8, 4) is 33.6 Å². The van der Waals surface area contributed by atoms with Crippen LogP contribution in [0.4, 0.5) is 0 Å². The molecule has 46 heavy (non-hydrogen) atoms. The predicted molar refractivity (Wildman–Crippen MR) is 182 cm³/mol. The number of imidazole rings is 1. The molecule has 1 unspecified atom stereocenters. The highest BCUT2D eigenvalue weighted by molar-refractivity contribution is 7.79. The lowest BCUT2D eigenvalue weighted by Crippen LogP contribution is -2.28. The molecule has 5 nitrogen and oxygen atoms in total. The maximum atomic E-state index is 11.8. The Balaban J connectivity index is 1.36. The Labute approximate surface area is 267 Å². The van der Waals surface area contributed by atoms with Gasteiger partial charge in [-0.05, 0) is 63.7 Å². The molecule has 9 rings (SSSR count). The van der Waals surface area contributed by atoms with E-state index in [1.807, 2.05) is 40.8 Å². The van der Waals surface area contributed by atoms with E-state index in [0.29, 0.717) is 10.7 Å². The molecule has 6 heteroatoms. The molecule has 220 valence electrons. The largest absolute Gasteiger partial charge is 0.423 e. The summed E-state index contributed by atoms with van der Waals surface area (Å²) < 4.78 is 29.8. The molecule has 6 aromatic carbocycles. The topological polar surface area (TPSA) is 67.7 Å². The Kier molecular flexibility index (Phi) is 5.97. The number of nitrogens with zero attached hydrogens (tertiary/aromatic N) is 2. The van der Waals surface area contributed by atoms with Gasteiger partial charge in [0.1, 0.15) is 5.69 Å². The molecular formula is C40H26N2O3S. The van der Waals surface area contributed by atoms with Crippen molar-refractivity contribution in [3.05, 3.63) is 174 Å². The third kappa shape index (κ3) is 3.78. The van der Waals surface area contributed by atoms with Crippen LogP contribution in [0.1, 0.15) is 22.3 Å². The second kappa shape index (κ2) is 10.2. The fourth-order valence-electron chi connectivity index (χ4n) is 7.31. The van der Waals surface area contributed by atoms with Gasteiger partial charge in [0, 0.05) is 11.1 Å². The molecule has 0 saturated heterocycles. The fourth-order valence-corrected chi connectivity index (χ4v) is 7.68. The van der Waals surface area contributed by atoms with Gasteiger partial charge in [-0.2, -0.15) is 4.98 Å². The van der Waals surface area contributed by atoms with Gasteiger partial charge in [-0.1, -0.05) is 121 Å². The minimum absolute atomic E-state index is 0.342. The summed E-state index contributed by atoms with van der Waals surface area (Å²) in [4.78, 5) is 5.45. The minimum atomic E-state index is -2.07. The number of aromatic nitrogens is 2. The van der Waals surface area contributed by atoms with E-state index in [9.17, 15) is 8.76 Å². The molecule has 1 atom stereocenters. The van der Waals surface area contributed by atoms with Crippen molar-refractivity contribution in [2.75, 3.05) is 0 Å². The lowest BCUT2D eigenvalue weighted by molar-refractivity contribution is 0.564. The molecule has 0 saturated carbocycles. The molecule has 0 radical (unpaired) electrons. The highest BCUT2D eigenvalue weighted by atomic mass is 32.2. The Morgan fingerprint density at radius 3 is 1.96 bits per heavy atom. The lowest BCUT2D eigenvalue weighted by atomic mass is 9.67. The third-order valence-electron chi connectivity index (χ3n) is 9.22. The molecule has 0 amide bonds. The average molecular weight is 615 g/mol. The number of hydrogen-bond donors (Lipinski definition) is 1. The summed E-state index contributed by atoms with van der Waals surface area (Å²) in [5.41, 5.74) is 11.8. The summed E-state index contributed by atoms with van der Waals surface area (Å²) in [5.74, 6) is 0.488. The number of benzene rings is 6. The van der Waals surface area contributed by atoms with E-state index in [-0.39, 0.29) is 0 Å². The third-order valence-corrected chi connectivity index (χ3v) is 9.89. The van der Waals surface area contributed by atoms with E-state index in [0.717, 1.165) is 33.6 Å². The quantitative estimate of drug-likeness (QED) is 0.196. The normalized spacial score (nSPS) is 13.9. The second-order valence-electron chi connectivity index (χ2n) is 11.6. The molecule has 1 aliphatic carbocycles. The number of oxazole rings is 1. The summed E-state index contributed by atoms with van der Waals surface area (Å²) in [6.45, 7) is 0. The van der Waals surface area contributed by atoms with E-state index in [4.69, 9.17) is 9.40 Å². The Hall–Kier alpha value is -5.56. The van der Waals surface area contributed by atoms with E-state index in [2.05, 4.69) is 103 Å². The molecular weight excluding hydrogens is 589 g/mol. The van der Waals surface area contributed by atoms with Crippen LogP contribution in [0.15, 0.2) is 161 Å². The second-order valence-corrected chi connectivity index (χ2v) is 12.5. The van der Waals surface area contributed by atoms with Crippen molar-refractivity contribution in [3.63, 3.8) is 0 Å². The van der Waals surface area contributed by atoms with Crippen LogP contribution < -0.4 is 0 Å². The maximum Gasteiger partial charge on any atom is 0.307 e. The van der Waals surface area contributed by atoms with Crippen molar-refractivity contribution >= 4 is 28.0 Å². The van der Waals surface area contributed by atoms with Gasteiger partial charge in [0.05, 0.1) is 21.5 Å². The zero-order valence-electron chi connectivity index (χ0n) is 24.5. The first kappa shape index (κ1) is 26.8. The molecule has 2 heterocycles. The minimum Gasteiger partial charge on any atom is -0.423 e. The molecule has 2 aromatic heterocycles. The number of fused-ring (bicyclic) bond motifs is 6. The predicted octanol–water partition coefficient (Wildman–Crippen LogP) is 9.36. The van der Waals surface area contributed by atoms with Gasteiger partial charge in [0.15, 0.2) is 16.7 Å². The number of para-hydroxylation sites is 2. The van der Waals surface area contributed by atoms with Gasteiger partial charge >= 0.3 is 5.84 Å². The van der Waals surface area contributed by atoms with Gasteiger partial charge in [0.2, 0.25) is 0 Å². The Morgan fingerprint density at radius 2 is 1.24 bits per heavy atom. The Morgan fingerprint density at radius 1 is 0.630 bits per heavy atom. The van der Waals surface area contributed by atoms with Crippen molar-refractivity contribution < 1.29 is 13.2 Å². The van der Waals surface area contributed by atoms with Crippen LogP contribution in [0.2, 0.25) is 0 Å². The smallest absolute Gasteiger partial charge is 0.307 e. The lowest BCUT2D eigenvalue weighted by Gasteiger charge is -2.34. The van der Waals surface area contributed by atoms with Gasteiger partial charge < -0.3 is 8.97 Å². The number of rotatable bonds is 5. The van der Waals surface area contributed by atoms with Crippen molar-refractivity contribution in [2.24, 2.45) is 0 Å². The summed E-state index contributed by atoms with van der Waals surface area (Å²) >= 11 is -2.07. The fraction of sp³-hybridized carbons (Fsp3) is 0.0250. The van der Waals surface area contributed by atoms with E-state index in [1.54, 1.807) is 12.1 Å². The van der Waals surface area contributed by atoms with Crippen LogP contribution in [-0.2, 0) is 16.5 Å². The monoisotopic (exact) mass is 614 g/mol. The van der Waals surface area contributed by atoms with Gasteiger partial charge in [0.25, 0.3) is 0 Å². The van der Waals surface area contributed by atoms with Crippen molar-refractivity contribution in [1.82, 2.24) is 9.38 Å². The first-order valence-corrected chi connectivity index (χ1v) is 16.2. The molecule has 1 N–H and O–H groups in total. The van der Waals surface area contributed by atoms with Gasteiger partial charge in [-0.25, -0.2) is 4.21 Å². The van der Waals surface area contributed by atoms with Crippen LogP contribution >= 0.6 is 0 Å². The Bertz CT molecular complexity index is 2410. The highest BCUT2D eigenvalue weighted by Crippen LogP contribution is 2.56. The van der Waals surface area contributed by atoms with E-state index in [1.165, 1.54) is 33.4 Å². The van der Waals surface area contributed by atoms with Crippen molar-refractivity contribution in [2.45, 2.75) is 10.3 Å². The van der Waals surface area contributed by atoms with Gasteiger partial charge in [-0.15, -0.1) is 0 Å². The molecule has 8 aromatic rings. The number of hydrogen-bond acceptors (Lipinski definition) is 3. The van der Waals surface area contributed by atoms with Gasteiger partial charge in [-0.3, -0.25) is 4.40 Å². The zero-order chi connectivity index (χ0) is 30.8. The van der Waals surface area contributed by atoms with Crippen molar-refractivity contribution in [1.29, 1.82) is 0 Å². The molecule has 0 bridgehead atoms. The standard InChI is InChI=1S/C40H26N2O3S/c43-46(44)30-22-19-26(20-23-30)38-37(41-39-42(38)35-17-9-10-18-36(35)45-39)27-21-24-32-31-15-7-8-16-33(31)40(34(32)25-27,28-11-3-1-4-12-28)29-13-5-2-6-14-29/h1-25H,(H,43,44). The molecule has 0 fully saturated rings. The van der Waals surface area contributed by atoms with Crippen LogP contribution in [0.5, 0.6) is 0 Å². The maximum absolute atomic E-state index is 11.8. The highest BCUT2D eigenvalue weighted by Gasteiger charge is 2.46. The summed E-state index contributed by atoms with van der Waals surface area (Å²) in [5, 5.41) is 0. The summed E-state index contributed by atoms with van der Waals surface area (Å²) in [7, 11) is 0. The summed E-state index contributed by atoms with van der Waals surface area (Å²) in [6, 6.07) is 51.8. The first-order valence-electron chi connectivity index (χ1n) is 15.1. The summed E-state index contributed by atoms with van der Waals surface area (Å²) in [6.07, 6.45) is 0. The van der Waals surface area contributed by atoms with Crippen LogP contribution in [0, 0.1) is 0 Å². The van der Waals surface area contributed by atoms with Crippen LogP contribution in [-0.4, -0.2) is 18.1 Å². The SMILES string of the molecule is O=S(O)c1ccc(-c2c(-c3ccc4c(c3)C(c3ccccc3)(c3ccccc3)c3ccccc3-4)nc3oc4ccccc4n23)cc1. The molecule has 0 spiro atoms. The zero-order valence-corrected chi connectivity index (χ0v) is 25.3.